The van der Waals surface area contributed by atoms with Gasteiger partial charge in [-0.1, -0.05) is 24.8 Å². The van der Waals surface area contributed by atoms with E-state index >= 15 is 0 Å². The number of rotatable bonds is 7. The number of nitrogens with zero attached hydrogens (tertiary/aromatic N) is 1. The normalized spacial score (nSPS) is 14.5. The summed E-state index contributed by atoms with van der Waals surface area (Å²) < 4.78 is 11.5. The van der Waals surface area contributed by atoms with Gasteiger partial charge in [0.2, 0.25) is 0 Å². The van der Waals surface area contributed by atoms with Gasteiger partial charge in [-0.05, 0) is 60.5 Å². The second-order valence-corrected chi connectivity index (χ2v) is 7.27. The largest absolute Gasteiger partial charge is 0.490 e. The van der Waals surface area contributed by atoms with E-state index in [2.05, 4.69) is 35.9 Å². The van der Waals surface area contributed by atoms with Crippen molar-refractivity contribution in [3.05, 3.63) is 90.1 Å². The molecule has 0 fully saturated rings. The average molecular weight is 400 g/mol. The van der Waals surface area contributed by atoms with Gasteiger partial charge in [0.05, 0.1) is 12.2 Å². The zero-order valence-electron chi connectivity index (χ0n) is 16.9. The molecule has 0 saturated carbocycles. The maximum atomic E-state index is 12.5. The fourth-order valence-electron chi connectivity index (χ4n) is 3.56. The molecule has 30 heavy (non-hydrogen) atoms. The number of fused-ring (bicyclic) bond motifs is 1. The minimum absolute atomic E-state index is 0.0933. The van der Waals surface area contributed by atoms with Crippen molar-refractivity contribution in [3.63, 3.8) is 0 Å². The minimum atomic E-state index is -0.150. The second-order valence-electron chi connectivity index (χ2n) is 7.27. The smallest absolute Gasteiger partial charge is 0.251 e. The molecule has 0 radical (unpaired) electrons. The summed E-state index contributed by atoms with van der Waals surface area (Å²) >= 11 is 0. The monoisotopic (exact) mass is 400 g/mol. The fraction of sp³-hybridized carbons (Fsp3) is 0.200. The van der Waals surface area contributed by atoms with E-state index < -0.39 is 0 Å². The third-order valence-electron chi connectivity index (χ3n) is 5.04. The van der Waals surface area contributed by atoms with Crippen molar-refractivity contribution in [1.29, 1.82) is 0 Å². The molecule has 1 aliphatic rings. The third-order valence-corrected chi connectivity index (χ3v) is 5.04. The molecule has 0 unspecified atom stereocenters. The number of carbonyl (C=O) groups excluding carboxylic acids is 1. The Kier molecular flexibility index (Phi) is 5.80. The van der Waals surface area contributed by atoms with Gasteiger partial charge < -0.3 is 14.8 Å². The predicted molar refractivity (Wildman–Crippen MR) is 117 cm³/mol. The minimum Gasteiger partial charge on any atom is -0.490 e. The Labute approximate surface area is 176 Å². The first-order chi connectivity index (χ1) is 14.6. The Morgan fingerprint density at radius 1 is 1.27 bits per heavy atom. The first-order valence-corrected chi connectivity index (χ1v) is 9.97. The number of ether oxygens (including phenoxy) is 2. The molecule has 0 bridgehead atoms. The number of aromatic nitrogens is 1. The van der Waals surface area contributed by atoms with Gasteiger partial charge in [-0.25, -0.2) is 0 Å². The number of pyridine rings is 1. The second kappa shape index (κ2) is 8.82. The summed E-state index contributed by atoms with van der Waals surface area (Å²) in [5.74, 6) is 1.36. The topological polar surface area (TPSA) is 60.5 Å². The zero-order chi connectivity index (χ0) is 20.9. The van der Waals surface area contributed by atoms with Crippen molar-refractivity contribution < 1.29 is 14.3 Å². The van der Waals surface area contributed by atoms with E-state index in [-0.39, 0.29) is 12.0 Å². The Morgan fingerprint density at radius 3 is 3.00 bits per heavy atom. The van der Waals surface area contributed by atoms with Crippen molar-refractivity contribution in [2.75, 3.05) is 13.2 Å². The molecule has 2 aromatic carbocycles. The maximum Gasteiger partial charge on any atom is 0.251 e. The Hall–Kier alpha value is -3.60. The van der Waals surface area contributed by atoms with Crippen LogP contribution in [-0.2, 0) is 6.42 Å². The molecule has 0 saturated heterocycles. The number of hydrogen-bond donors (Lipinski definition) is 1. The summed E-state index contributed by atoms with van der Waals surface area (Å²) in [5.41, 5.74) is 4.89. The van der Waals surface area contributed by atoms with Crippen molar-refractivity contribution in [1.82, 2.24) is 10.3 Å². The molecular weight excluding hydrogens is 376 g/mol. The van der Waals surface area contributed by atoms with E-state index in [9.17, 15) is 4.79 Å². The summed E-state index contributed by atoms with van der Waals surface area (Å²) in [4.78, 5) is 17.0. The van der Waals surface area contributed by atoms with Crippen LogP contribution in [0.3, 0.4) is 0 Å². The van der Waals surface area contributed by atoms with Gasteiger partial charge in [0.25, 0.3) is 5.91 Å². The van der Waals surface area contributed by atoms with Crippen LogP contribution >= 0.6 is 0 Å². The molecule has 1 atom stereocenters. The van der Waals surface area contributed by atoms with Crippen LogP contribution in [0.5, 0.6) is 11.5 Å². The predicted octanol–water partition coefficient (Wildman–Crippen LogP) is 4.36. The molecule has 5 nitrogen and oxygen atoms in total. The highest BCUT2D eigenvalue weighted by Crippen LogP contribution is 2.33. The van der Waals surface area contributed by atoms with Gasteiger partial charge in [0.15, 0.2) is 0 Å². The van der Waals surface area contributed by atoms with Gasteiger partial charge in [-0.15, -0.1) is 0 Å². The number of benzene rings is 2. The van der Waals surface area contributed by atoms with Crippen LogP contribution < -0.4 is 14.8 Å². The van der Waals surface area contributed by atoms with E-state index in [0.717, 1.165) is 34.6 Å². The first-order valence-electron chi connectivity index (χ1n) is 9.97. The fourth-order valence-corrected chi connectivity index (χ4v) is 3.56. The van der Waals surface area contributed by atoms with E-state index in [1.54, 1.807) is 24.3 Å². The summed E-state index contributed by atoms with van der Waals surface area (Å²) in [7, 11) is 0. The Morgan fingerprint density at radius 2 is 2.17 bits per heavy atom. The molecule has 1 amide bonds. The number of carbonyl (C=O) groups is 1. The van der Waals surface area contributed by atoms with Crippen LogP contribution in [0.2, 0.25) is 0 Å². The highest BCUT2D eigenvalue weighted by molar-refractivity contribution is 5.94. The van der Waals surface area contributed by atoms with E-state index in [4.69, 9.17) is 9.47 Å². The number of nitrogens with one attached hydrogen (secondary N) is 1. The van der Waals surface area contributed by atoms with Crippen LogP contribution in [0.1, 0.15) is 21.5 Å². The molecule has 1 N–H and O–H groups in total. The number of amides is 1. The summed E-state index contributed by atoms with van der Waals surface area (Å²) in [6.07, 6.45) is 4.13. The van der Waals surface area contributed by atoms with Crippen LogP contribution in [-0.4, -0.2) is 30.1 Å². The molecule has 5 heteroatoms. The molecule has 0 aliphatic carbocycles. The summed E-state index contributed by atoms with van der Waals surface area (Å²) in [6, 6.07) is 17.3. The van der Waals surface area contributed by atoms with Crippen LogP contribution in [0.25, 0.3) is 11.3 Å². The van der Waals surface area contributed by atoms with Gasteiger partial charge in [0, 0.05) is 23.7 Å². The molecular formula is C25H24N2O3. The highest BCUT2D eigenvalue weighted by atomic mass is 16.5. The lowest BCUT2D eigenvalue weighted by molar-refractivity contribution is 0.0933. The standard InChI is InChI=1S/C25H24N2O3/c1-3-12-29-21-8-4-7-19(14-21)25(28)27-16-22-15-20-13-18(9-10-23(20)30-22)24-17(2)6-5-11-26-24/h3-11,13-14,22H,1,12,15-16H2,2H3,(H,27,28)/t22-/m1/s1. The van der Waals surface area contributed by atoms with Crippen molar-refractivity contribution >= 4 is 5.91 Å². The van der Waals surface area contributed by atoms with Crippen molar-refractivity contribution in [2.24, 2.45) is 0 Å². The van der Waals surface area contributed by atoms with E-state index in [0.29, 0.717) is 24.5 Å². The zero-order valence-corrected chi connectivity index (χ0v) is 16.9. The Balaban J connectivity index is 1.38. The van der Waals surface area contributed by atoms with Crippen LogP contribution in [0.4, 0.5) is 0 Å². The average Bonchev–Trinajstić information content (AvgIpc) is 3.18. The molecule has 1 aliphatic heterocycles. The first kappa shape index (κ1) is 19.7. The molecule has 2 heterocycles. The molecule has 1 aromatic heterocycles. The van der Waals surface area contributed by atoms with Gasteiger partial charge in [-0.2, -0.15) is 0 Å². The summed E-state index contributed by atoms with van der Waals surface area (Å²) in [6.45, 7) is 6.52. The highest BCUT2D eigenvalue weighted by Gasteiger charge is 2.24. The SMILES string of the molecule is C=CCOc1cccc(C(=O)NC[C@H]2Cc3cc(-c4ncccc4C)ccc3O2)c1. The quantitative estimate of drug-likeness (QED) is 0.599. The lowest BCUT2D eigenvalue weighted by atomic mass is 10.0. The summed E-state index contributed by atoms with van der Waals surface area (Å²) in [5, 5.41) is 2.96. The molecule has 3 aromatic rings. The van der Waals surface area contributed by atoms with Crippen LogP contribution in [0, 0.1) is 6.92 Å². The van der Waals surface area contributed by atoms with Gasteiger partial charge in [-0.3, -0.25) is 9.78 Å². The lowest BCUT2D eigenvalue weighted by Crippen LogP contribution is -2.34. The molecule has 4 rings (SSSR count). The number of aryl methyl sites for hydroxylation is 1. The van der Waals surface area contributed by atoms with E-state index in [1.807, 2.05) is 30.5 Å². The third kappa shape index (κ3) is 4.35. The number of hydrogen-bond acceptors (Lipinski definition) is 4. The van der Waals surface area contributed by atoms with Crippen molar-refractivity contribution in [3.8, 4) is 22.8 Å². The van der Waals surface area contributed by atoms with Gasteiger partial charge in [0.1, 0.15) is 24.2 Å². The van der Waals surface area contributed by atoms with Crippen LogP contribution in [0.15, 0.2) is 73.4 Å². The Bertz CT molecular complexity index is 1080. The van der Waals surface area contributed by atoms with Gasteiger partial charge >= 0.3 is 0 Å². The van der Waals surface area contributed by atoms with E-state index in [1.165, 1.54) is 0 Å². The molecule has 152 valence electrons. The van der Waals surface area contributed by atoms with Crippen molar-refractivity contribution in [2.45, 2.75) is 19.4 Å². The molecule has 0 spiro atoms. The lowest BCUT2D eigenvalue weighted by Gasteiger charge is -2.12. The maximum absolute atomic E-state index is 12.5.